The van der Waals surface area contributed by atoms with Gasteiger partial charge in [0.25, 0.3) is 5.37 Å². The monoisotopic (exact) mass is 144 g/mol. The van der Waals surface area contributed by atoms with Crippen LogP contribution in [0.3, 0.4) is 0 Å². The van der Waals surface area contributed by atoms with Crippen molar-refractivity contribution in [3.63, 3.8) is 0 Å². The lowest BCUT2D eigenvalue weighted by Crippen LogP contribution is -2.10. The SMILES string of the molecule is C=CC(SC#N)[N+](=O)[O-]. The summed E-state index contributed by atoms with van der Waals surface area (Å²) in [5, 5.41) is 18.5. The molecule has 0 aliphatic carbocycles. The average molecular weight is 144 g/mol. The molecule has 0 aliphatic heterocycles. The first-order valence-electron chi connectivity index (χ1n) is 2.03. The number of nitrogens with zero attached hydrogens (tertiary/aromatic N) is 2. The minimum Gasteiger partial charge on any atom is -0.263 e. The van der Waals surface area contributed by atoms with Crippen molar-refractivity contribution >= 4 is 11.8 Å². The van der Waals surface area contributed by atoms with Crippen molar-refractivity contribution in [2.75, 3.05) is 0 Å². The summed E-state index contributed by atoms with van der Waals surface area (Å²) in [5.74, 6) is 0. The number of nitriles is 1. The van der Waals surface area contributed by atoms with Gasteiger partial charge < -0.3 is 0 Å². The molecule has 0 N–H and O–H groups in total. The predicted molar refractivity (Wildman–Crippen MR) is 34.2 cm³/mol. The molecule has 9 heavy (non-hydrogen) atoms. The van der Waals surface area contributed by atoms with Gasteiger partial charge in [0.05, 0.1) is 0 Å². The Hall–Kier alpha value is -1.02. The van der Waals surface area contributed by atoms with Gasteiger partial charge in [-0.25, -0.2) is 0 Å². The highest BCUT2D eigenvalue weighted by molar-refractivity contribution is 8.04. The van der Waals surface area contributed by atoms with Gasteiger partial charge in [0.15, 0.2) is 0 Å². The largest absolute Gasteiger partial charge is 0.289 e. The molecule has 1 atom stereocenters. The van der Waals surface area contributed by atoms with Crippen LogP contribution in [0.5, 0.6) is 0 Å². The highest BCUT2D eigenvalue weighted by atomic mass is 32.2. The molecule has 0 aromatic heterocycles. The van der Waals surface area contributed by atoms with Crippen LogP contribution in [0, 0.1) is 20.8 Å². The molecule has 1 unspecified atom stereocenters. The maximum Gasteiger partial charge on any atom is 0.289 e. The standard InChI is InChI=1S/C4H4N2O2S/c1-2-4(6(7)8)9-3-5/h2,4H,1H2. The highest BCUT2D eigenvalue weighted by Gasteiger charge is 2.14. The van der Waals surface area contributed by atoms with Crippen molar-refractivity contribution in [3.05, 3.63) is 22.8 Å². The first kappa shape index (κ1) is 7.98. The second-order valence-electron chi connectivity index (χ2n) is 1.12. The Morgan fingerprint density at radius 2 is 2.56 bits per heavy atom. The van der Waals surface area contributed by atoms with Crippen LogP contribution in [0.25, 0.3) is 0 Å². The lowest BCUT2D eigenvalue weighted by molar-refractivity contribution is -0.482. The third kappa shape index (κ3) is 2.72. The van der Waals surface area contributed by atoms with E-state index in [0.717, 1.165) is 6.08 Å². The molecule has 4 nitrogen and oxygen atoms in total. The molecule has 0 fully saturated rings. The van der Waals surface area contributed by atoms with Gasteiger partial charge in [-0.3, -0.25) is 10.1 Å². The zero-order chi connectivity index (χ0) is 7.28. The lowest BCUT2D eigenvalue weighted by Gasteiger charge is -1.93. The third-order valence-electron chi connectivity index (χ3n) is 0.583. The van der Waals surface area contributed by atoms with E-state index in [-0.39, 0.29) is 0 Å². The van der Waals surface area contributed by atoms with E-state index in [1.54, 1.807) is 5.40 Å². The third-order valence-corrected chi connectivity index (χ3v) is 1.29. The zero-order valence-electron chi connectivity index (χ0n) is 4.48. The summed E-state index contributed by atoms with van der Waals surface area (Å²) in [4.78, 5) is 9.31. The van der Waals surface area contributed by atoms with Crippen molar-refractivity contribution in [3.8, 4) is 5.40 Å². The van der Waals surface area contributed by atoms with Gasteiger partial charge in [0.1, 0.15) is 5.40 Å². The molecular weight excluding hydrogens is 140 g/mol. The summed E-state index contributed by atoms with van der Waals surface area (Å²) >= 11 is 0.573. The van der Waals surface area contributed by atoms with Gasteiger partial charge in [0.2, 0.25) is 0 Å². The fraction of sp³-hybridized carbons (Fsp3) is 0.250. The maximum absolute atomic E-state index is 9.88. The van der Waals surface area contributed by atoms with Crippen LogP contribution in [-0.4, -0.2) is 10.3 Å². The summed E-state index contributed by atoms with van der Waals surface area (Å²) in [5.41, 5.74) is 0. The molecule has 0 saturated heterocycles. The first-order chi connectivity index (χ1) is 4.22. The van der Waals surface area contributed by atoms with Gasteiger partial charge in [-0.2, -0.15) is 5.26 Å². The zero-order valence-corrected chi connectivity index (χ0v) is 5.30. The van der Waals surface area contributed by atoms with Crippen LogP contribution in [0.15, 0.2) is 12.7 Å². The number of thioether (sulfide) groups is 1. The van der Waals surface area contributed by atoms with E-state index < -0.39 is 10.3 Å². The Balaban J connectivity index is 3.86. The van der Waals surface area contributed by atoms with Crippen molar-refractivity contribution in [1.82, 2.24) is 0 Å². The van der Waals surface area contributed by atoms with Crippen LogP contribution in [0.1, 0.15) is 0 Å². The van der Waals surface area contributed by atoms with Gasteiger partial charge in [-0.15, -0.1) is 0 Å². The molecule has 5 heteroatoms. The number of rotatable bonds is 3. The molecule has 0 heterocycles. The fourth-order valence-electron chi connectivity index (χ4n) is 0.231. The molecule has 0 amide bonds. The molecule has 0 bridgehead atoms. The molecule has 0 saturated carbocycles. The number of thiocyanates is 1. The quantitative estimate of drug-likeness (QED) is 0.195. The number of nitro groups is 1. The molecular formula is C4H4N2O2S. The van der Waals surface area contributed by atoms with E-state index in [9.17, 15) is 10.1 Å². The summed E-state index contributed by atoms with van der Waals surface area (Å²) in [6.07, 6.45) is 1.12. The fourth-order valence-corrected chi connectivity index (χ4v) is 0.522. The molecule has 0 spiro atoms. The summed E-state index contributed by atoms with van der Waals surface area (Å²) < 4.78 is 0. The van der Waals surface area contributed by atoms with Gasteiger partial charge in [0, 0.05) is 16.7 Å². The van der Waals surface area contributed by atoms with E-state index in [1.807, 2.05) is 0 Å². The van der Waals surface area contributed by atoms with Crippen molar-refractivity contribution in [2.24, 2.45) is 0 Å². The lowest BCUT2D eigenvalue weighted by atomic mass is 10.6. The van der Waals surface area contributed by atoms with Crippen molar-refractivity contribution in [2.45, 2.75) is 5.37 Å². The van der Waals surface area contributed by atoms with E-state index in [1.165, 1.54) is 0 Å². The molecule has 0 aliphatic rings. The van der Waals surface area contributed by atoms with Crippen molar-refractivity contribution < 1.29 is 4.92 Å². The van der Waals surface area contributed by atoms with Crippen LogP contribution in [-0.2, 0) is 0 Å². The second kappa shape index (κ2) is 3.92. The van der Waals surface area contributed by atoms with E-state index in [2.05, 4.69) is 6.58 Å². The average Bonchev–Trinajstić information content (AvgIpc) is 1.82. The normalized spacial score (nSPS) is 11.4. The molecule has 0 radical (unpaired) electrons. The summed E-state index contributed by atoms with van der Waals surface area (Å²) in [6, 6.07) is 0. The molecule has 0 rings (SSSR count). The molecule has 0 aromatic rings. The maximum atomic E-state index is 9.88. The van der Waals surface area contributed by atoms with Crippen LogP contribution >= 0.6 is 11.8 Å². The Kier molecular flexibility index (Phi) is 3.48. The van der Waals surface area contributed by atoms with E-state index in [4.69, 9.17) is 5.26 Å². The minimum absolute atomic E-state index is 0.569. The topological polar surface area (TPSA) is 66.9 Å². The van der Waals surface area contributed by atoms with E-state index in [0.29, 0.717) is 11.8 Å². The Morgan fingerprint density at radius 1 is 2.00 bits per heavy atom. The van der Waals surface area contributed by atoms with Gasteiger partial charge in [-0.1, -0.05) is 6.58 Å². The molecule has 0 aromatic carbocycles. The number of hydrogen-bond donors (Lipinski definition) is 0. The summed E-state index contributed by atoms with van der Waals surface area (Å²) in [7, 11) is 0. The minimum atomic E-state index is -0.991. The van der Waals surface area contributed by atoms with Gasteiger partial charge >= 0.3 is 0 Å². The highest BCUT2D eigenvalue weighted by Crippen LogP contribution is 2.09. The van der Waals surface area contributed by atoms with Crippen molar-refractivity contribution in [1.29, 1.82) is 5.26 Å². The van der Waals surface area contributed by atoms with Gasteiger partial charge in [-0.05, 0) is 6.08 Å². The summed E-state index contributed by atoms with van der Waals surface area (Å²) in [6.45, 7) is 3.19. The van der Waals surface area contributed by atoms with Crippen LogP contribution in [0.4, 0.5) is 0 Å². The van der Waals surface area contributed by atoms with Crippen LogP contribution in [0.2, 0.25) is 0 Å². The second-order valence-corrected chi connectivity index (χ2v) is 2.02. The number of hydrogen-bond acceptors (Lipinski definition) is 4. The van der Waals surface area contributed by atoms with Crippen LogP contribution < -0.4 is 0 Å². The Morgan fingerprint density at radius 3 is 2.67 bits per heavy atom. The molecule has 48 valence electrons. The smallest absolute Gasteiger partial charge is 0.263 e. The van der Waals surface area contributed by atoms with E-state index >= 15 is 0 Å². The Bertz CT molecular complexity index is 162. The predicted octanol–water partition coefficient (Wildman–Crippen LogP) is 0.989. The Labute approximate surface area is 56.3 Å². The first-order valence-corrected chi connectivity index (χ1v) is 2.91.